The van der Waals surface area contributed by atoms with Gasteiger partial charge in [0, 0.05) is 44.6 Å². The Morgan fingerprint density at radius 3 is 2.34 bits per heavy atom. The van der Waals surface area contributed by atoms with Crippen molar-refractivity contribution in [3.63, 3.8) is 0 Å². The topological polar surface area (TPSA) is 78.1 Å². The van der Waals surface area contributed by atoms with Crippen LogP contribution in [-0.2, 0) is 4.74 Å². The minimum absolute atomic E-state index is 0.0450. The summed E-state index contributed by atoms with van der Waals surface area (Å²) in [6, 6.07) is 12.9. The summed E-state index contributed by atoms with van der Waals surface area (Å²) in [4.78, 5) is 2.14. The number of piperidine rings is 1. The lowest BCUT2D eigenvalue weighted by Gasteiger charge is -2.33. The first kappa shape index (κ1) is 27.6. The zero-order valence-electron chi connectivity index (χ0n) is 22.1. The Kier molecular flexibility index (Phi) is 9.68. The van der Waals surface area contributed by atoms with E-state index in [0.717, 1.165) is 31.6 Å². The quantitative estimate of drug-likeness (QED) is 0.461. The molecule has 0 saturated carbocycles. The van der Waals surface area contributed by atoms with E-state index in [0.29, 0.717) is 17.1 Å². The molecule has 9 heteroatoms. The van der Waals surface area contributed by atoms with E-state index in [-0.39, 0.29) is 17.4 Å². The molecule has 0 unspecified atom stereocenters. The Morgan fingerprint density at radius 1 is 1.00 bits per heavy atom. The van der Waals surface area contributed by atoms with E-state index in [4.69, 9.17) is 10.00 Å². The van der Waals surface area contributed by atoms with Crippen molar-refractivity contribution in [2.45, 2.75) is 44.6 Å². The van der Waals surface area contributed by atoms with Crippen LogP contribution >= 0.6 is 0 Å². The summed E-state index contributed by atoms with van der Waals surface area (Å²) in [6.45, 7) is 4.11. The maximum atomic E-state index is 15.2. The third-order valence-electron chi connectivity index (χ3n) is 7.11. The summed E-state index contributed by atoms with van der Waals surface area (Å²) >= 11 is 0. The van der Waals surface area contributed by atoms with E-state index in [2.05, 4.69) is 20.6 Å². The summed E-state index contributed by atoms with van der Waals surface area (Å²) in [6.07, 6.45) is 7.71. The predicted octanol–water partition coefficient (Wildman–Crippen LogP) is 5.50. The van der Waals surface area contributed by atoms with Crippen LogP contribution in [0.3, 0.4) is 0 Å². The predicted molar refractivity (Wildman–Crippen MR) is 147 cm³/mol. The molecule has 38 heavy (non-hydrogen) atoms. The van der Waals surface area contributed by atoms with Crippen LogP contribution in [0.25, 0.3) is 16.9 Å². The van der Waals surface area contributed by atoms with Gasteiger partial charge in [-0.1, -0.05) is 18.9 Å². The van der Waals surface area contributed by atoms with Gasteiger partial charge in [0.15, 0.2) is 5.82 Å². The van der Waals surface area contributed by atoms with E-state index < -0.39 is 11.6 Å². The second-order valence-electron chi connectivity index (χ2n) is 9.61. The molecule has 3 aromatic rings. The number of nitrogens with one attached hydrogen (secondary N) is 2. The highest BCUT2D eigenvalue weighted by atomic mass is 19.1. The molecule has 2 saturated heterocycles. The van der Waals surface area contributed by atoms with Crippen molar-refractivity contribution < 1.29 is 13.5 Å². The van der Waals surface area contributed by atoms with E-state index in [1.165, 1.54) is 61.7 Å². The minimum atomic E-state index is -0.631. The Labute approximate surface area is 223 Å². The molecule has 0 amide bonds. The average Bonchev–Trinajstić information content (AvgIpc) is 3.14. The van der Waals surface area contributed by atoms with Crippen LogP contribution in [0, 0.1) is 23.0 Å². The van der Waals surface area contributed by atoms with Gasteiger partial charge in [-0.3, -0.25) is 0 Å². The van der Waals surface area contributed by atoms with E-state index >= 15 is 4.39 Å². The molecule has 7 nitrogen and oxygen atoms in total. The SMILES string of the molecule is C1CCCNCC1.CNc1cc(-c2ccc(C#N)c(F)c2)n(-c2ccc(N3CCC(OC)CC3)cc2F)n1. The van der Waals surface area contributed by atoms with Crippen LogP contribution in [0.15, 0.2) is 42.5 Å². The van der Waals surface area contributed by atoms with Crippen molar-refractivity contribution in [3.8, 4) is 23.0 Å². The van der Waals surface area contributed by atoms with Crippen LogP contribution in [-0.4, -0.2) is 56.2 Å². The summed E-state index contributed by atoms with van der Waals surface area (Å²) in [5, 5.41) is 19.7. The van der Waals surface area contributed by atoms with Gasteiger partial charge in [0.2, 0.25) is 0 Å². The Balaban J connectivity index is 0.000000417. The first-order chi connectivity index (χ1) is 18.5. The van der Waals surface area contributed by atoms with Gasteiger partial charge in [-0.05, 0) is 69.1 Å². The lowest BCUT2D eigenvalue weighted by molar-refractivity contribution is 0.0819. The maximum absolute atomic E-state index is 15.2. The lowest BCUT2D eigenvalue weighted by Crippen LogP contribution is -2.36. The number of hydrogen-bond donors (Lipinski definition) is 2. The van der Waals surface area contributed by atoms with Crippen LogP contribution in [0.2, 0.25) is 0 Å². The summed E-state index contributed by atoms with van der Waals surface area (Å²) in [5.41, 5.74) is 2.03. The van der Waals surface area contributed by atoms with Gasteiger partial charge >= 0.3 is 0 Å². The molecule has 202 valence electrons. The van der Waals surface area contributed by atoms with Crippen molar-refractivity contribution in [2.75, 3.05) is 50.6 Å². The van der Waals surface area contributed by atoms with Crippen molar-refractivity contribution in [2.24, 2.45) is 0 Å². The summed E-state index contributed by atoms with van der Waals surface area (Å²) in [7, 11) is 3.43. The molecule has 0 atom stereocenters. The molecule has 2 aliphatic rings. The molecule has 2 N–H and O–H groups in total. The lowest BCUT2D eigenvalue weighted by atomic mass is 10.1. The van der Waals surface area contributed by atoms with E-state index in [1.54, 1.807) is 32.4 Å². The largest absolute Gasteiger partial charge is 0.381 e. The molecular weight excluding hydrogens is 486 g/mol. The second kappa shape index (κ2) is 13.4. The normalized spacial score (nSPS) is 16.2. The fourth-order valence-corrected chi connectivity index (χ4v) is 4.85. The number of nitriles is 1. The van der Waals surface area contributed by atoms with Gasteiger partial charge in [0.05, 0.1) is 17.4 Å². The number of benzene rings is 2. The van der Waals surface area contributed by atoms with Gasteiger partial charge in [0.25, 0.3) is 0 Å². The van der Waals surface area contributed by atoms with Gasteiger partial charge in [-0.15, -0.1) is 5.10 Å². The number of aromatic nitrogens is 2. The molecule has 5 rings (SSSR count). The van der Waals surface area contributed by atoms with Crippen molar-refractivity contribution in [1.82, 2.24) is 15.1 Å². The first-order valence-electron chi connectivity index (χ1n) is 13.3. The Bertz CT molecular complexity index is 1230. The average molecular weight is 523 g/mol. The molecule has 0 bridgehead atoms. The first-order valence-corrected chi connectivity index (χ1v) is 13.3. The number of rotatable bonds is 5. The summed E-state index contributed by atoms with van der Waals surface area (Å²) in [5.74, 6) is -0.536. The fraction of sp³-hybridized carbons (Fsp3) is 0.448. The highest BCUT2D eigenvalue weighted by Crippen LogP contribution is 2.30. The molecule has 0 radical (unpaired) electrons. The molecule has 2 aromatic carbocycles. The van der Waals surface area contributed by atoms with E-state index in [9.17, 15) is 4.39 Å². The molecule has 0 spiro atoms. The third kappa shape index (κ3) is 6.69. The van der Waals surface area contributed by atoms with Gasteiger partial charge in [-0.25, -0.2) is 13.5 Å². The van der Waals surface area contributed by atoms with Gasteiger partial charge < -0.3 is 20.3 Å². The zero-order valence-corrected chi connectivity index (χ0v) is 22.1. The molecule has 2 fully saturated rings. The smallest absolute Gasteiger partial charge is 0.150 e. The number of nitrogens with zero attached hydrogens (tertiary/aromatic N) is 4. The fourth-order valence-electron chi connectivity index (χ4n) is 4.85. The van der Waals surface area contributed by atoms with Gasteiger partial charge in [-0.2, -0.15) is 5.26 Å². The Hall–Kier alpha value is -3.48. The third-order valence-corrected chi connectivity index (χ3v) is 7.11. The number of hydrogen-bond acceptors (Lipinski definition) is 6. The molecular formula is C29H36F2N6O. The van der Waals surface area contributed by atoms with Crippen LogP contribution in [0.4, 0.5) is 20.3 Å². The number of ether oxygens (including phenoxy) is 1. The number of methoxy groups -OCH3 is 1. The molecule has 0 aliphatic carbocycles. The number of anilines is 2. The highest BCUT2D eigenvalue weighted by Gasteiger charge is 2.21. The molecule has 1 aromatic heterocycles. The molecule has 3 heterocycles. The van der Waals surface area contributed by atoms with Crippen LogP contribution in [0.1, 0.15) is 44.1 Å². The van der Waals surface area contributed by atoms with E-state index in [1.807, 2.05) is 12.1 Å². The van der Waals surface area contributed by atoms with Crippen LogP contribution < -0.4 is 15.5 Å². The van der Waals surface area contributed by atoms with Gasteiger partial charge in [0.1, 0.15) is 23.4 Å². The maximum Gasteiger partial charge on any atom is 0.150 e. The zero-order chi connectivity index (χ0) is 26.9. The van der Waals surface area contributed by atoms with Crippen molar-refractivity contribution >= 4 is 11.5 Å². The highest BCUT2D eigenvalue weighted by molar-refractivity contribution is 5.67. The minimum Gasteiger partial charge on any atom is -0.381 e. The van der Waals surface area contributed by atoms with Crippen molar-refractivity contribution in [1.29, 1.82) is 5.26 Å². The van der Waals surface area contributed by atoms with Crippen molar-refractivity contribution in [3.05, 3.63) is 59.7 Å². The van der Waals surface area contributed by atoms with Crippen LogP contribution in [0.5, 0.6) is 0 Å². The second-order valence-corrected chi connectivity index (χ2v) is 9.61. The Morgan fingerprint density at radius 2 is 1.74 bits per heavy atom. The molecule has 2 aliphatic heterocycles. The standard InChI is InChI=1S/C23H23F2N5O.C6H13N/c1-27-23-13-22(15-3-4-16(14-26)19(24)11-15)30(28-23)21-6-5-17(12-20(21)25)29-9-7-18(31-2)8-10-29;1-2-4-6-7-5-3-1/h3-6,11-13,18H,7-10H2,1-2H3,(H,27,28);7H,1-6H2. The monoisotopic (exact) mass is 522 g/mol. The number of halogens is 2. The summed E-state index contributed by atoms with van der Waals surface area (Å²) < 4.78 is 36.2.